The lowest BCUT2D eigenvalue weighted by atomic mass is 10.2. The van der Waals surface area contributed by atoms with Gasteiger partial charge < -0.3 is 0 Å². The molecule has 0 bridgehead atoms. The molecule has 0 saturated carbocycles. The lowest BCUT2D eigenvalue weighted by Gasteiger charge is -2.11. The first-order valence-corrected chi connectivity index (χ1v) is 9.69. The Bertz CT molecular complexity index is 1000. The molecule has 0 spiro atoms. The second kappa shape index (κ2) is 7.27. The van der Waals surface area contributed by atoms with Gasteiger partial charge in [-0.25, -0.2) is 4.98 Å². The number of fused-ring (bicyclic) bond motifs is 1. The summed E-state index contributed by atoms with van der Waals surface area (Å²) in [6, 6.07) is 17.7. The van der Waals surface area contributed by atoms with Gasteiger partial charge in [0.05, 0.1) is 15.1 Å². The van der Waals surface area contributed by atoms with Crippen molar-refractivity contribution in [3.05, 3.63) is 77.7 Å². The van der Waals surface area contributed by atoms with Crippen LogP contribution in [0.5, 0.6) is 0 Å². The van der Waals surface area contributed by atoms with Crippen molar-refractivity contribution in [2.75, 3.05) is 6.54 Å². The monoisotopic (exact) mass is 377 g/mol. The molecule has 0 aliphatic carbocycles. The molecule has 1 aromatic heterocycles. The van der Waals surface area contributed by atoms with E-state index in [0.29, 0.717) is 21.7 Å². The summed E-state index contributed by atoms with van der Waals surface area (Å²) in [4.78, 5) is 24.2. The standard InChI is InChI=1S/C20H15N3OS2/c1-2-12-23-18(24)17(13-14-8-4-3-5-9-14)26-20(23)22-19-21-15-10-6-7-11-16(15)25-19/h2-11,13H,1,12H2/b17-13-,22-20-. The fourth-order valence-electron chi connectivity index (χ4n) is 2.57. The lowest BCUT2D eigenvalue weighted by molar-refractivity contribution is -0.121. The van der Waals surface area contributed by atoms with E-state index in [0.717, 1.165) is 15.8 Å². The summed E-state index contributed by atoms with van der Waals surface area (Å²) in [6.45, 7) is 4.17. The zero-order valence-corrected chi connectivity index (χ0v) is 15.5. The second-order valence-corrected chi connectivity index (χ2v) is 7.60. The minimum atomic E-state index is -0.0568. The van der Waals surface area contributed by atoms with Crippen LogP contribution < -0.4 is 0 Å². The summed E-state index contributed by atoms with van der Waals surface area (Å²) in [7, 11) is 0. The topological polar surface area (TPSA) is 45.6 Å². The highest BCUT2D eigenvalue weighted by Crippen LogP contribution is 2.36. The van der Waals surface area contributed by atoms with E-state index in [1.54, 1.807) is 11.0 Å². The number of nitrogens with zero attached hydrogens (tertiary/aromatic N) is 3. The molecule has 128 valence electrons. The Morgan fingerprint density at radius 3 is 2.65 bits per heavy atom. The number of rotatable bonds is 4. The first kappa shape index (κ1) is 16.8. The summed E-state index contributed by atoms with van der Waals surface area (Å²) in [5.74, 6) is -0.0568. The van der Waals surface area contributed by atoms with Crippen LogP contribution in [0.15, 0.2) is 77.1 Å². The van der Waals surface area contributed by atoms with Crippen molar-refractivity contribution in [1.29, 1.82) is 0 Å². The maximum absolute atomic E-state index is 12.8. The molecule has 1 aliphatic heterocycles. The Balaban J connectivity index is 1.70. The van der Waals surface area contributed by atoms with E-state index in [2.05, 4.69) is 16.6 Å². The number of aromatic nitrogens is 1. The van der Waals surface area contributed by atoms with Gasteiger partial charge in [0, 0.05) is 6.54 Å². The van der Waals surface area contributed by atoms with Crippen LogP contribution >= 0.6 is 23.1 Å². The molecule has 1 amide bonds. The number of amides is 1. The number of aliphatic imine (C=N–C) groups is 1. The van der Waals surface area contributed by atoms with Crippen molar-refractivity contribution in [2.45, 2.75) is 0 Å². The van der Waals surface area contributed by atoms with Crippen molar-refractivity contribution in [2.24, 2.45) is 4.99 Å². The predicted molar refractivity (Wildman–Crippen MR) is 111 cm³/mol. The van der Waals surface area contributed by atoms with Gasteiger partial charge in [-0.15, -0.1) is 6.58 Å². The first-order valence-electron chi connectivity index (χ1n) is 8.06. The SMILES string of the molecule is C=CCN1C(=O)/C(=C/c2ccccc2)S/C1=N\c1nc2ccccc2s1. The molecule has 0 N–H and O–H groups in total. The third-order valence-electron chi connectivity index (χ3n) is 3.77. The minimum Gasteiger partial charge on any atom is -0.282 e. The van der Waals surface area contributed by atoms with Crippen molar-refractivity contribution in [1.82, 2.24) is 9.88 Å². The molecule has 0 atom stereocenters. The number of carbonyl (C=O) groups is 1. The Labute approximate surface area is 159 Å². The van der Waals surface area contributed by atoms with Gasteiger partial charge in [0.1, 0.15) is 0 Å². The quantitative estimate of drug-likeness (QED) is 0.470. The van der Waals surface area contributed by atoms with Gasteiger partial charge in [-0.2, -0.15) is 4.99 Å². The molecule has 0 unspecified atom stereocenters. The van der Waals surface area contributed by atoms with Gasteiger partial charge in [0.25, 0.3) is 5.91 Å². The first-order chi connectivity index (χ1) is 12.7. The van der Waals surface area contributed by atoms with Gasteiger partial charge >= 0.3 is 0 Å². The third kappa shape index (κ3) is 3.34. The van der Waals surface area contributed by atoms with Crippen LogP contribution in [0.4, 0.5) is 5.13 Å². The van der Waals surface area contributed by atoms with E-state index >= 15 is 0 Å². The smallest absolute Gasteiger partial charge is 0.267 e. The van der Waals surface area contributed by atoms with Gasteiger partial charge in [0.15, 0.2) is 5.17 Å². The molecular formula is C20H15N3OS2. The largest absolute Gasteiger partial charge is 0.282 e. The second-order valence-electron chi connectivity index (χ2n) is 5.58. The number of hydrogen-bond donors (Lipinski definition) is 0. The number of amidine groups is 1. The van der Waals surface area contributed by atoms with E-state index in [9.17, 15) is 4.79 Å². The van der Waals surface area contributed by atoms with E-state index in [4.69, 9.17) is 0 Å². The zero-order chi connectivity index (χ0) is 17.9. The summed E-state index contributed by atoms with van der Waals surface area (Å²) in [5.41, 5.74) is 1.91. The van der Waals surface area contributed by atoms with Crippen LogP contribution in [0.3, 0.4) is 0 Å². The molecule has 4 rings (SSSR count). The summed E-state index contributed by atoms with van der Waals surface area (Å²) in [6.07, 6.45) is 3.60. The van der Waals surface area contributed by atoms with Crippen LogP contribution in [-0.4, -0.2) is 27.5 Å². The van der Waals surface area contributed by atoms with Gasteiger partial charge in [-0.1, -0.05) is 59.9 Å². The zero-order valence-electron chi connectivity index (χ0n) is 13.8. The molecule has 26 heavy (non-hydrogen) atoms. The minimum absolute atomic E-state index is 0.0568. The Hall–Kier alpha value is -2.70. The van der Waals surface area contributed by atoms with E-state index < -0.39 is 0 Å². The number of para-hydroxylation sites is 1. The number of thioether (sulfide) groups is 1. The van der Waals surface area contributed by atoms with E-state index in [1.807, 2.05) is 60.7 Å². The van der Waals surface area contributed by atoms with Crippen molar-refractivity contribution >= 4 is 55.6 Å². The van der Waals surface area contributed by atoms with Crippen LogP contribution in [0.1, 0.15) is 5.56 Å². The molecule has 0 radical (unpaired) electrons. The van der Waals surface area contributed by atoms with Crippen molar-refractivity contribution < 1.29 is 4.79 Å². The molecule has 3 aromatic rings. The third-order valence-corrected chi connectivity index (χ3v) is 5.71. The van der Waals surface area contributed by atoms with Crippen LogP contribution in [0.2, 0.25) is 0 Å². The number of thiazole rings is 1. The highest BCUT2D eigenvalue weighted by atomic mass is 32.2. The fraction of sp³-hybridized carbons (Fsp3) is 0.0500. The molecule has 6 heteroatoms. The van der Waals surface area contributed by atoms with Crippen LogP contribution in [0.25, 0.3) is 16.3 Å². The highest BCUT2D eigenvalue weighted by Gasteiger charge is 2.32. The van der Waals surface area contributed by atoms with Gasteiger partial charge in [0.2, 0.25) is 5.13 Å². The van der Waals surface area contributed by atoms with E-state index in [1.165, 1.54) is 23.1 Å². The van der Waals surface area contributed by atoms with Gasteiger partial charge in [-0.05, 0) is 35.5 Å². The Morgan fingerprint density at radius 1 is 1.12 bits per heavy atom. The normalized spacial score (nSPS) is 17.5. The number of hydrogen-bond acceptors (Lipinski definition) is 5. The average Bonchev–Trinajstić information content (AvgIpc) is 3.19. The molecule has 2 heterocycles. The van der Waals surface area contributed by atoms with Crippen molar-refractivity contribution in [3.63, 3.8) is 0 Å². The maximum Gasteiger partial charge on any atom is 0.267 e. The summed E-state index contributed by atoms with van der Waals surface area (Å²) < 4.78 is 1.08. The Kier molecular flexibility index (Phi) is 4.69. The molecule has 1 fully saturated rings. The van der Waals surface area contributed by atoms with E-state index in [-0.39, 0.29) is 5.91 Å². The molecular weight excluding hydrogens is 362 g/mol. The highest BCUT2D eigenvalue weighted by molar-refractivity contribution is 8.18. The lowest BCUT2D eigenvalue weighted by Crippen LogP contribution is -2.29. The molecule has 1 saturated heterocycles. The molecule has 4 nitrogen and oxygen atoms in total. The number of benzene rings is 2. The fourth-order valence-corrected chi connectivity index (χ4v) is 4.46. The van der Waals surface area contributed by atoms with Crippen LogP contribution in [-0.2, 0) is 4.79 Å². The molecule has 1 aliphatic rings. The van der Waals surface area contributed by atoms with Gasteiger partial charge in [-0.3, -0.25) is 9.69 Å². The average molecular weight is 377 g/mol. The summed E-state index contributed by atoms with van der Waals surface area (Å²) in [5, 5.41) is 1.28. The maximum atomic E-state index is 12.8. The van der Waals surface area contributed by atoms with Crippen LogP contribution in [0, 0.1) is 0 Å². The summed E-state index contributed by atoms with van der Waals surface area (Å²) >= 11 is 2.89. The number of carbonyl (C=O) groups excluding carboxylic acids is 1. The molecule has 2 aromatic carbocycles. The predicted octanol–water partition coefficient (Wildman–Crippen LogP) is 5.09. The Morgan fingerprint density at radius 2 is 1.88 bits per heavy atom. The van der Waals surface area contributed by atoms with Crippen molar-refractivity contribution in [3.8, 4) is 0 Å².